The summed E-state index contributed by atoms with van der Waals surface area (Å²) in [5.41, 5.74) is 1.96. The first kappa shape index (κ1) is 12.0. The Kier molecular flexibility index (Phi) is 3.68. The molecule has 0 heterocycles. The fourth-order valence-electron chi connectivity index (χ4n) is 2.66. The molecule has 0 aromatic heterocycles. The van der Waals surface area contributed by atoms with Crippen molar-refractivity contribution in [1.82, 2.24) is 0 Å². The first-order valence-electron chi connectivity index (χ1n) is 6.32. The Labute approximate surface area is 103 Å². The zero-order valence-corrected chi connectivity index (χ0v) is 10.6. The molecule has 2 heteroatoms. The summed E-state index contributed by atoms with van der Waals surface area (Å²) in [6.07, 6.45) is 5.11. The highest BCUT2D eigenvalue weighted by molar-refractivity contribution is 5.46. The van der Waals surface area contributed by atoms with Crippen molar-refractivity contribution in [1.29, 1.82) is 5.26 Å². The second-order valence-corrected chi connectivity index (χ2v) is 5.03. The van der Waals surface area contributed by atoms with Gasteiger partial charge in [0, 0.05) is 0 Å². The van der Waals surface area contributed by atoms with Crippen LogP contribution in [-0.2, 0) is 0 Å². The molecule has 0 amide bonds. The number of benzene rings is 1. The van der Waals surface area contributed by atoms with Gasteiger partial charge in [-0.15, -0.1) is 0 Å². The lowest BCUT2D eigenvalue weighted by Gasteiger charge is -2.26. The van der Waals surface area contributed by atoms with Crippen LogP contribution in [0.3, 0.4) is 0 Å². The summed E-state index contributed by atoms with van der Waals surface area (Å²) in [4.78, 5) is 0. The molecule has 0 saturated heterocycles. The number of hydrogen-bond acceptors (Lipinski definition) is 2. The van der Waals surface area contributed by atoms with Gasteiger partial charge in [0.25, 0.3) is 0 Å². The van der Waals surface area contributed by atoms with Crippen LogP contribution in [0.4, 0.5) is 0 Å². The second-order valence-electron chi connectivity index (χ2n) is 5.03. The molecule has 2 nitrogen and oxygen atoms in total. The van der Waals surface area contributed by atoms with Crippen LogP contribution >= 0.6 is 0 Å². The quantitative estimate of drug-likeness (QED) is 0.771. The van der Waals surface area contributed by atoms with E-state index < -0.39 is 0 Å². The minimum Gasteiger partial charge on any atom is -0.495 e. The maximum atomic E-state index is 9.08. The number of hydrogen-bond donors (Lipinski definition) is 0. The number of methoxy groups -OCH3 is 1. The normalized spacial score (nSPS) is 24.1. The third kappa shape index (κ3) is 2.61. The van der Waals surface area contributed by atoms with Gasteiger partial charge in [0.15, 0.2) is 0 Å². The molecule has 90 valence electrons. The Morgan fingerprint density at radius 2 is 1.94 bits per heavy atom. The Morgan fingerprint density at radius 3 is 2.53 bits per heavy atom. The molecular weight excluding hydrogens is 210 g/mol. The van der Waals surface area contributed by atoms with Crippen molar-refractivity contribution in [3.8, 4) is 11.8 Å². The van der Waals surface area contributed by atoms with Gasteiger partial charge in [-0.3, -0.25) is 0 Å². The molecule has 1 aliphatic carbocycles. The molecule has 0 bridgehead atoms. The van der Waals surface area contributed by atoms with Crippen molar-refractivity contribution in [3.63, 3.8) is 0 Å². The number of rotatable bonds is 2. The third-order valence-electron chi connectivity index (χ3n) is 3.83. The monoisotopic (exact) mass is 229 g/mol. The van der Waals surface area contributed by atoms with E-state index in [1.807, 2.05) is 12.1 Å². The van der Waals surface area contributed by atoms with Gasteiger partial charge in [0.1, 0.15) is 11.8 Å². The maximum Gasteiger partial charge on any atom is 0.136 e. The number of ether oxygens (including phenoxy) is 1. The van der Waals surface area contributed by atoms with Gasteiger partial charge in [0.2, 0.25) is 0 Å². The van der Waals surface area contributed by atoms with Crippen LogP contribution in [0.5, 0.6) is 5.75 Å². The van der Waals surface area contributed by atoms with Crippen LogP contribution in [-0.4, -0.2) is 7.11 Å². The van der Waals surface area contributed by atoms with E-state index in [2.05, 4.69) is 19.1 Å². The molecule has 1 aromatic carbocycles. The zero-order chi connectivity index (χ0) is 12.3. The lowest BCUT2D eigenvalue weighted by molar-refractivity contribution is 0.347. The molecule has 2 rings (SSSR count). The van der Waals surface area contributed by atoms with Crippen molar-refractivity contribution < 1.29 is 4.74 Å². The van der Waals surface area contributed by atoms with E-state index in [1.54, 1.807) is 7.11 Å². The fourth-order valence-corrected chi connectivity index (χ4v) is 2.66. The average molecular weight is 229 g/mol. The van der Waals surface area contributed by atoms with Crippen LogP contribution in [0, 0.1) is 17.2 Å². The van der Waals surface area contributed by atoms with Crippen molar-refractivity contribution in [2.75, 3.05) is 7.11 Å². The van der Waals surface area contributed by atoms with Crippen molar-refractivity contribution >= 4 is 0 Å². The van der Waals surface area contributed by atoms with Crippen LogP contribution in [0.15, 0.2) is 18.2 Å². The molecule has 0 N–H and O–H groups in total. The Morgan fingerprint density at radius 1 is 1.24 bits per heavy atom. The van der Waals surface area contributed by atoms with Crippen molar-refractivity contribution in [3.05, 3.63) is 29.3 Å². The van der Waals surface area contributed by atoms with E-state index in [-0.39, 0.29) is 0 Å². The lowest BCUT2D eigenvalue weighted by atomic mass is 9.79. The minimum atomic E-state index is 0.629. The van der Waals surface area contributed by atoms with E-state index in [0.717, 1.165) is 5.92 Å². The lowest BCUT2D eigenvalue weighted by Crippen LogP contribution is -2.11. The van der Waals surface area contributed by atoms with Crippen LogP contribution in [0.2, 0.25) is 0 Å². The van der Waals surface area contributed by atoms with Gasteiger partial charge in [-0.25, -0.2) is 0 Å². The number of nitrogens with zero attached hydrogens (tertiary/aromatic N) is 1. The van der Waals surface area contributed by atoms with Crippen molar-refractivity contribution in [2.45, 2.75) is 38.5 Å². The van der Waals surface area contributed by atoms with Crippen molar-refractivity contribution in [2.24, 2.45) is 5.92 Å². The molecular formula is C15H19NO. The summed E-state index contributed by atoms with van der Waals surface area (Å²) in [7, 11) is 1.61. The molecule has 0 unspecified atom stereocenters. The van der Waals surface area contributed by atoms with E-state index in [9.17, 15) is 0 Å². The standard InChI is InChI=1S/C15H19NO/c1-11-3-5-12(6-4-11)13-7-8-15(17-2)14(9-13)10-16/h7-9,11-12H,3-6H2,1-2H3. The molecule has 1 aliphatic rings. The summed E-state index contributed by atoms with van der Waals surface area (Å²) < 4.78 is 5.17. The van der Waals surface area contributed by atoms with Crippen LogP contribution < -0.4 is 4.74 Å². The molecule has 1 saturated carbocycles. The molecule has 1 aromatic rings. The summed E-state index contributed by atoms with van der Waals surface area (Å²) in [5, 5.41) is 9.08. The third-order valence-corrected chi connectivity index (χ3v) is 3.83. The number of nitriles is 1. The van der Waals surface area contributed by atoms with Gasteiger partial charge >= 0.3 is 0 Å². The molecule has 0 spiro atoms. The summed E-state index contributed by atoms with van der Waals surface area (Å²) in [6, 6.07) is 8.24. The Hall–Kier alpha value is -1.49. The summed E-state index contributed by atoms with van der Waals surface area (Å²) >= 11 is 0. The highest BCUT2D eigenvalue weighted by Crippen LogP contribution is 2.36. The van der Waals surface area contributed by atoms with Gasteiger partial charge in [-0.05, 0) is 42.4 Å². The van der Waals surface area contributed by atoms with Gasteiger partial charge in [-0.2, -0.15) is 5.26 Å². The van der Waals surface area contributed by atoms with Gasteiger partial charge < -0.3 is 4.74 Å². The minimum absolute atomic E-state index is 0.629. The van der Waals surface area contributed by atoms with Crippen LogP contribution in [0.1, 0.15) is 49.7 Å². The second kappa shape index (κ2) is 5.23. The average Bonchev–Trinajstić information content (AvgIpc) is 2.39. The van der Waals surface area contributed by atoms with Gasteiger partial charge in [0.05, 0.1) is 12.7 Å². The van der Waals surface area contributed by atoms with Crippen LogP contribution in [0.25, 0.3) is 0 Å². The highest BCUT2D eigenvalue weighted by atomic mass is 16.5. The van der Waals surface area contributed by atoms with E-state index in [4.69, 9.17) is 10.00 Å². The van der Waals surface area contributed by atoms with E-state index in [0.29, 0.717) is 17.2 Å². The van der Waals surface area contributed by atoms with E-state index in [1.165, 1.54) is 31.2 Å². The van der Waals surface area contributed by atoms with Gasteiger partial charge in [-0.1, -0.05) is 25.8 Å². The predicted octanol–water partition coefficient (Wildman–Crippen LogP) is 3.86. The highest BCUT2D eigenvalue weighted by Gasteiger charge is 2.20. The zero-order valence-electron chi connectivity index (χ0n) is 10.6. The maximum absolute atomic E-state index is 9.08. The summed E-state index contributed by atoms with van der Waals surface area (Å²) in [5.74, 6) is 2.17. The smallest absolute Gasteiger partial charge is 0.136 e. The largest absolute Gasteiger partial charge is 0.495 e. The predicted molar refractivity (Wildman–Crippen MR) is 68.1 cm³/mol. The molecule has 0 radical (unpaired) electrons. The first-order valence-corrected chi connectivity index (χ1v) is 6.32. The molecule has 1 fully saturated rings. The SMILES string of the molecule is COc1ccc(C2CCC(C)CC2)cc1C#N. The molecule has 0 aliphatic heterocycles. The topological polar surface area (TPSA) is 33.0 Å². The Bertz CT molecular complexity index is 425. The summed E-state index contributed by atoms with van der Waals surface area (Å²) in [6.45, 7) is 2.32. The molecule has 17 heavy (non-hydrogen) atoms. The fraction of sp³-hybridized carbons (Fsp3) is 0.533. The molecule has 0 atom stereocenters. The first-order chi connectivity index (χ1) is 8.24. The van der Waals surface area contributed by atoms with E-state index >= 15 is 0 Å². The Balaban J connectivity index is 2.19.